The fourth-order valence-electron chi connectivity index (χ4n) is 2.88. The molecule has 1 aromatic rings. The summed E-state index contributed by atoms with van der Waals surface area (Å²) in [6.45, 7) is 4.75. The maximum absolute atomic E-state index is 12.8. The van der Waals surface area contributed by atoms with Gasteiger partial charge in [-0.25, -0.2) is 0 Å². The smallest absolute Gasteiger partial charge is 0.455 e. The van der Waals surface area contributed by atoms with E-state index in [1.807, 2.05) is 0 Å². The molecule has 0 aliphatic heterocycles. The van der Waals surface area contributed by atoms with E-state index in [-0.39, 0.29) is 25.3 Å². The van der Waals surface area contributed by atoms with Crippen LogP contribution in [0.1, 0.15) is 76.8 Å². The first-order valence-electron chi connectivity index (χ1n) is 10.9. The number of rotatable bonds is 13. The molecule has 0 spiro atoms. The van der Waals surface area contributed by atoms with Crippen LogP contribution in [0, 0.1) is 0 Å². The summed E-state index contributed by atoms with van der Waals surface area (Å²) < 4.78 is 54.5. The number of alkyl halides is 3. The largest absolute Gasteiger partial charge is 0.705 e. The number of hydrogen-bond acceptors (Lipinski definition) is 6. The second-order valence-electron chi connectivity index (χ2n) is 7.28. The molecule has 0 unspecified atom stereocenters. The van der Waals surface area contributed by atoms with Crippen molar-refractivity contribution in [1.29, 1.82) is 0 Å². The Morgan fingerprint density at radius 2 is 1.31 bits per heavy atom. The van der Waals surface area contributed by atoms with E-state index in [4.69, 9.17) is 13.3 Å². The van der Waals surface area contributed by atoms with Crippen molar-refractivity contribution in [3.8, 4) is 0 Å². The van der Waals surface area contributed by atoms with Crippen LogP contribution in [0.4, 0.5) is 13.2 Å². The molecule has 1 aromatic carbocycles. The van der Waals surface area contributed by atoms with Gasteiger partial charge in [0.25, 0.3) is 17.9 Å². The summed E-state index contributed by atoms with van der Waals surface area (Å²) >= 11 is 0. The number of benzene rings is 1. The highest BCUT2D eigenvalue weighted by Gasteiger charge is 2.52. The standard InChI is InChI=1S/C22H31F3O6Si/c1-4-19(26)29-32(30-20(27)5-2,31-21(28)6-3)15-10-8-7-9-12-17-13-11-14-18(16-17)22(23,24)25/h11,13-14,16H,4-10,12,15H2,1-3H3. The fraction of sp³-hybridized carbons (Fsp3) is 0.591. The molecule has 0 atom stereocenters. The van der Waals surface area contributed by atoms with Gasteiger partial charge in [-0.15, -0.1) is 0 Å². The Kier molecular flexibility index (Phi) is 11.5. The molecule has 0 amide bonds. The number of unbranched alkanes of at least 4 members (excludes halogenated alkanes) is 3. The van der Waals surface area contributed by atoms with E-state index in [0.717, 1.165) is 12.1 Å². The summed E-state index contributed by atoms with van der Waals surface area (Å²) in [6, 6.07) is 5.35. The average Bonchev–Trinajstić information content (AvgIpc) is 2.75. The zero-order valence-corrected chi connectivity index (χ0v) is 19.8. The second-order valence-corrected chi connectivity index (χ2v) is 9.76. The minimum atomic E-state index is -4.37. The van der Waals surface area contributed by atoms with Gasteiger partial charge in [-0.3, -0.25) is 14.4 Å². The lowest BCUT2D eigenvalue weighted by Crippen LogP contribution is -2.50. The van der Waals surface area contributed by atoms with Crippen molar-refractivity contribution in [2.45, 2.75) is 84.4 Å². The van der Waals surface area contributed by atoms with Crippen LogP contribution in [0.3, 0.4) is 0 Å². The summed E-state index contributed by atoms with van der Waals surface area (Å²) in [6.07, 6.45) is -1.28. The molecule has 1 rings (SSSR count). The molecule has 0 fully saturated rings. The molecule has 6 nitrogen and oxygen atoms in total. The SMILES string of the molecule is CCC(=O)O[Si](CCCCCCc1cccc(C(F)(F)F)c1)(OC(=O)CC)OC(=O)CC. The molecule has 180 valence electrons. The number of carbonyl (C=O) groups excluding carboxylic acids is 3. The molecular weight excluding hydrogens is 445 g/mol. The van der Waals surface area contributed by atoms with Gasteiger partial charge in [-0.2, -0.15) is 13.2 Å². The lowest BCUT2D eigenvalue weighted by Gasteiger charge is -2.27. The highest BCUT2D eigenvalue weighted by molar-refractivity contribution is 6.65. The van der Waals surface area contributed by atoms with Gasteiger partial charge in [0, 0.05) is 19.3 Å². The van der Waals surface area contributed by atoms with Gasteiger partial charge >= 0.3 is 15.0 Å². The van der Waals surface area contributed by atoms with Gasteiger partial charge < -0.3 is 13.3 Å². The first-order valence-corrected chi connectivity index (χ1v) is 12.8. The maximum atomic E-state index is 12.8. The van der Waals surface area contributed by atoms with Gasteiger partial charge in [0.2, 0.25) is 0 Å². The molecule has 10 heteroatoms. The third kappa shape index (κ3) is 9.84. The third-order valence-electron chi connectivity index (χ3n) is 4.63. The van der Waals surface area contributed by atoms with Crippen LogP contribution in [0.2, 0.25) is 6.04 Å². The molecular formula is C22H31F3O6Si. The molecule has 0 bridgehead atoms. The Hall–Kier alpha value is -2.36. The molecule has 0 aliphatic rings. The highest BCUT2D eigenvalue weighted by Crippen LogP contribution is 2.30. The zero-order chi connectivity index (χ0) is 24.2. The Bertz CT molecular complexity index is 721. The second kappa shape index (κ2) is 13.2. The quantitative estimate of drug-likeness (QED) is 0.272. The first kappa shape index (κ1) is 27.7. The monoisotopic (exact) mass is 476 g/mol. The van der Waals surface area contributed by atoms with E-state index in [2.05, 4.69) is 0 Å². The molecule has 0 saturated carbocycles. The topological polar surface area (TPSA) is 78.9 Å². The van der Waals surface area contributed by atoms with Crippen LogP contribution in [0.5, 0.6) is 0 Å². The Labute approximate surface area is 187 Å². The lowest BCUT2D eigenvalue weighted by molar-refractivity contribution is -0.150. The Morgan fingerprint density at radius 3 is 1.78 bits per heavy atom. The van der Waals surface area contributed by atoms with Crippen LogP contribution < -0.4 is 0 Å². The van der Waals surface area contributed by atoms with Crippen molar-refractivity contribution in [3.63, 3.8) is 0 Å². The van der Waals surface area contributed by atoms with Crippen molar-refractivity contribution in [3.05, 3.63) is 35.4 Å². The molecule has 0 N–H and O–H groups in total. The van der Waals surface area contributed by atoms with E-state index in [1.165, 1.54) is 6.07 Å². The normalized spacial score (nSPS) is 11.7. The molecule has 0 saturated heterocycles. The van der Waals surface area contributed by atoms with Crippen LogP contribution in [0.25, 0.3) is 0 Å². The van der Waals surface area contributed by atoms with E-state index in [9.17, 15) is 27.6 Å². The third-order valence-corrected chi connectivity index (χ3v) is 7.21. The molecule has 32 heavy (non-hydrogen) atoms. The van der Waals surface area contributed by atoms with Gasteiger partial charge in [0.1, 0.15) is 0 Å². The van der Waals surface area contributed by atoms with Gasteiger partial charge in [0.05, 0.1) is 11.6 Å². The van der Waals surface area contributed by atoms with E-state index in [0.29, 0.717) is 37.7 Å². The Morgan fingerprint density at radius 1 is 0.812 bits per heavy atom. The number of hydrogen-bond donors (Lipinski definition) is 0. The predicted octanol–water partition coefficient (Wildman–Crippen LogP) is 5.61. The summed E-state index contributed by atoms with van der Waals surface area (Å²) in [5.41, 5.74) is -0.0619. The lowest BCUT2D eigenvalue weighted by atomic mass is 10.0. The maximum Gasteiger partial charge on any atom is 0.705 e. The van der Waals surface area contributed by atoms with Gasteiger partial charge in [-0.05, 0) is 30.9 Å². The van der Waals surface area contributed by atoms with Gasteiger partial charge in [-0.1, -0.05) is 51.8 Å². The molecule has 0 aromatic heterocycles. The minimum Gasteiger partial charge on any atom is -0.455 e. The minimum absolute atomic E-state index is 0.0408. The molecule has 0 heterocycles. The molecule has 0 radical (unpaired) electrons. The molecule has 0 aliphatic carbocycles. The van der Waals surface area contributed by atoms with Crippen LogP contribution in [-0.2, 0) is 40.3 Å². The average molecular weight is 477 g/mol. The fourth-order valence-corrected chi connectivity index (χ4v) is 5.47. The number of carbonyl (C=O) groups is 3. The number of halogens is 3. The van der Waals surface area contributed by atoms with E-state index < -0.39 is 38.5 Å². The predicted molar refractivity (Wildman–Crippen MR) is 113 cm³/mol. The van der Waals surface area contributed by atoms with E-state index >= 15 is 0 Å². The highest BCUT2D eigenvalue weighted by atomic mass is 28.4. The number of aryl methyl sites for hydroxylation is 1. The van der Waals surface area contributed by atoms with Crippen molar-refractivity contribution in [1.82, 2.24) is 0 Å². The van der Waals surface area contributed by atoms with Crippen LogP contribution in [-0.4, -0.2) is 26.7 Å². The first-order chi connectivity index (χ1) is 15.0. The van der Waals surface area contributed by atoms with E-state index in [1.54, 1.807) is 26.8 Å². The Balaban J connectivity index is 2.67. The van der Waals surface area contributed by atoms with Crippen molar-refractivity contribution in [2.75, 3.05) is 0 Å². The van der Waals surface area contributed by atoms with Crippen molar-refractivity contribution >= 4 is 26.7 Å². The summed E-state index contributed by atoms with van der Waals surface area (Å²) in [5.74, 6) is -1.85. The summed E-state index contributed by atoms with van der Waals surface area (Å²) in [5, 5.41) is 0. The van der Waals surface area contributed by atoms with Crippen LogP contribution >= 0.6 is 0 Å². The van der Waals surface area contributed by atoms with Gasteiger partial charge in [0.15, 0.2) is 0 Å². The summed E-state index contributed by atoms with van der Waals surface area (Å²) in [7, 11) is -3.87. The van der Waals surface area contributed by atoms with Crippen molar-refractivity contribution < 1.29 is 40.8 Å². The van der Waals surface area contributed by atoms with Crippen molar-refractivity contribution in [2.24, 2.45) is 0 Å². The summed E-state index contributed by atoms with van der Waals surface area (Å²) in [4.78, 5) is 35.7. The zero-order valence-electron chi connectivity index (χ0n) is 18.8. The van der Waals surface area contributed by atoms with Crippen LogP contribution in [0.15, 0.2) is 24.3 Å².